The van der Waals surface area contributed by atoms with Gasteiger partial charge in [-0.3, -0.25) is 0 Å². The van der Waals surface area contributed by atoms with Gasteiger partial charge in [-0.25, -0.2) is 0 Å². The Morgan fingerprint density at radius 1 is 1.20 bits per heavy atom. The van der Waals surface area contributed by atoms with Crippen molar-refractivity contribution in [1.82, 2.24) is 0 Å². The van der Waals surface area contributed by atoms with Gasteiger partial charge in [0.15, 0.2) is 0 Å². The van der Waals surface area contributed by atoms with Crippen LogP contribution in [0.2, 0.25) is 0 Å². The monoisotopic (exact) mass is 134 g/mol. The number of benzene rings is 1. The lowest BCUT2D eigenvalue weighted by Gasteiger charge is -1.93. The molecule has 0 heterocycles. The average molecular weight is 134 g/mol. The largest absolute Gasteiger partial charge is 0.392 e. The van der Waals surface area contributed by atoms with E-state index >= 15 is 0 Å². The van der Waals surface area contributed by atoms with E-state index in [0.29, 0.717) is 5.92 Å². The number of rotatable bonds is 1. The van der Waals surface area contributed by atoms with Crippen LogP contribution < -0.4 is 0 Å². The predicted octanol–water partition coefficient (Wildman–Crippen LogP) is 1.53. The first-order valence-corrected chi connectivity index (χ1v) is 3.61. The van der Waals surface area contributed by atoms with Crippen LogP contribution in [-0.4, -0.2) is 11.2 Å². The Morgan fingerprint density at radius 2 is 1.80 bits per heavy atom. The Hall–Kier alpha value is -0.820. The normalized spacial score (nSPS) is 30.1. The molecule has 1 fully saturated rings. The van der Waals surface area contributed by atoms with Crippen LogP contribution in [0.1, 0.15) is 17.9 Å². The van der Waals surface area contributed by atoms with Crippen molar-refractivity contribution in [2.45, 2.75) is 18.4 Å². The molecule has 1 aromatic rings. The molecule has 0 aliphatic heterocycles. The van der Waals surface area contributed by atoms with Crippen molar-refractivity contribution in [3.8, 4) is 0 Å². The lowest BCUT2D eigenvalue weighted by Crippen LogP contribution is -1.83. The molecule has 1 unspecified atom stereocenters. The summed E-state index contributed by atoms with van der Waals surface area (Å²) >= 11 is 0. The third kappa shape index (κ3) is 0.929. The molecule has 0 saturated heterocycles. The third-order valence-electron chi connectivity index (χ3n) is 1.98. The zero-order chi connectivity index (χ0) is 6.97. The van der Waals surface area contributed by atoms with Gasteiger partial charge in [-0.15, -0.1) is 0 Å². The molecular weight excluding hydrogens is 124 g/mol. The van der Waals surface area contributed by atoms with Crippen LogP contribution in [0.15, 0.2) is 30.3 Å². The van der Waals surface area contributed by atoms with E-state index in [2.05, 4.69) is 12.1 Å². The summed E-state index contributed by atoms with van der Waals surface area (Å²) in [5, 5.41) is 9.08. The highest BCUT2D eigenvalue weighted by Gasteiger charge is 2.35. The smallest absolute Gasteiger partial charge is 0.0616 e. The van der Waals surface area contributed by atoms with Crippen LogP contribution in [0, 0.1) is 0 Å². The van der Waals surface area contributed by atoms with E-state index < -0.39 is 0 Å². The van der Waals surface area contributed by atoms with Crippen molar-refractivity contribution in [1.29, 1.82) is 0 Å². The number of hydrogen-bond acceptors (Lipinski definition) is 1. The summed E-state index contributed by atoms with van der Waals surface area (Å²) in [4.78, 5) is 0. The molecule has 52 valence electrons. The number of aliphatic hydroxyl groups excluding tert-OH is 1. The van der Waals surface area contributed by atoms with Crippen molar-refractivity contribution in [3.05, 3.63) is 35.9 Å². The molecule has 10 heavy (non-hydrogen) atoms. The molecule has 2 rings (SSSR count). The van der Waals surface area contributed by atoms with Crippen LogP contribution >= 0.6 is 0 Å². The first-order chi connectivity index (χ1) is 4.88. The lowest BCUT2D eigenvalue weighted by molar-refractivity contribution is 0.272. The van der Waals surface area contributed by atoms with E-state index in [9.17, 15) is 0 Å². The van der Waals surface area contributed by atoms with Crippen LogP contribution in [0.3, 0.4) is 0 Å². The minimum atomic E-state index is -0.0672. The molecule has 0 amide bonds. The maximum Gasteiger partial charge on any atom is 0.0616 e. The van der Waals surface area contributed by atoms with E-state index in [1.165, 1.54) is 5.56 Å². The second kappa shape index (κ2) is 2.10. The molecule has 1 N–H and O–H groups in total. The first-order valence-electron chi connectivity index (χ1n) is 3.61. The van der Waals surface area contributed by atoms with Crippen molar-refractivity contribution >= 4 is 0 Å². The standard InChI is InChI=1S/C9H10O/c10-9-6-8(9)7-4-2-1-3-5-7/h1-5,8-10H,6H2/t8?,9-/m0/s1. The molecule has 0 radical (unpaired) electrons. The minimum Gasteiger partial charge on any atom is -0.392 e. The first kappa shape index (κ1) is 5.93. The van der Waals surface area contributed by atoms with Crippen molar-refractivity contribution in [3.63, 3.8) is 0 Å². The molecule has 1 aliphatic rings. The summed E-state index contributed by atoms with van der Waals surface area (Å²) in [7, 11) is 0. The highest BCUT2D eigenvalue weighted by molar-refractivity contribution is 5.25. The summed E-state index contributed by atoms with van der Waals surface area (Å²) in [6.45, 7) is 0. The molecule has 1 aliphatic carbocycles. The van der Waals surface area contributed by atoms with Gasteiger partial charge >= 0.3 is 0 Å². The summed E-state index contributed by atoms with van der Waals surface area (Å²) in [6.07, 6.45) is 0.881. The highest BCUT2D eigenvalue weighted by atomic mass is 16.3. The van der Waals surface area contributed by atoms with Gasteiger partial charge in [0, 0.05) is 5.92 Å². The second-order valence-electron chi connectivity index (χ2n) is 2.82. The number of aliphatic hydroxyl groups is 1. The fourth-order valence-electron chi connectivity index (χ4n) is 1.24. The molecule has 1 aromatic carbocycles. The topological polar surface area (TPSA) is 20.2 Å². The molecule has 1 heteroatoms. The van der Waals surface area contributed by atoms with Crippen molar-refractivity contribution < 1.29 is 5.11 Å². The second-order valence-corrected chi connectivity index (χ2v) is 2.82. The van der Waals surface area contributed by atoms with Gasteiger partial charge in [-0.05, 0) is 12.0 Å². The maximum atomic E-state index is 9.08. The van der Waals surface area contributed by atoms with E-state index in [1.807, 2.05) is 18.2 Å². The van der Waals surface area contributed by atoms with Gasteiger partial charge in [-0.2, -0.15) is 0 Å². The van der Waals surface area contributed by atoms with Gasteiger partial charge in [-0.1, -0.05) is 30.3 Å². The molecule has 1 nitrogen and oxygen atoms in total. The van der Waals surface area contributed by atoms with E-state index in [-0.39, 0.29) is 6.10 Å². The predicted molar refractivity (Wildman–Crippen MR) is 39.8 cm³/mol. The quantitative estimate of drug-likeness (QED) is 0.617. The van der Waals surface area contributed by atoms with Crippen molar-refractivity contribution in [2.75, 3.05) is 0 Å². The average Bonchev–Trinajstić information content (AvgIpc) is 2.69. The molecule has 0 spiro atoms. The Bertz CT molecular complexity index is 217. The van der Waals surface area contributed by atoms with Gasteiger partial charge in [0.25, 0.3) is 0 Å². The summed E-state index contributed by atoms with van der Waals surface area (Å²) < 4.78 is 0. The molecular formula is C9H10O. The zero-order valence-corrected chi connectivity index (χ0v) is 5.70. The fraction of sp³-hybridized carbons (Fsp3) is 0.333. The maximum absolute atomic E-state index is 9.08. The molecule has 0 aromatic heterocycles. The Morgan fingerprint density at radius 3 is 2.30 bits per heavy atom. The summed E-state index contributed by atoms with van der Waals surface area (Å²) in [6, 6.07) is 10.2. The highest BCUT2D eigenvalue weighted by Crippen LogP contribution is 2.40. The Labute approximate surface area is 60.3 Å². The summed E-state index contributed by atoms with van der Waals surface area (Å²) in [5.74, 6) is 0.432. The molecule has 2 atom stereocenters. The summed E-state index contributed by atoms with van der Waals surface area (Å²) in [5.41, 5.74) is 1.27. The van der Waals surface area contributed by atoms with Crippen LogP contribution in [0.25, 0.3) is 0 Å². The molecule has 0 bridgehead atoms. The fourth-order valence-corrected chi connectivity index (χ4v) is 1.24. The zero-order valence-electron chi connectivity index (χ0n) is 5.70. The molecule has 1 saturated carbocycles. The Kier molecular flexibility index (Phi) is 1.24. The van der Waals surface area contributed by atoms with Gasteiger partial charge in [0.2, 0.25) is 0 Å². The van der Waals surface area contributed by atoms with Crippen LogP contribution in [0.5, 0.6) is 0 Å². The van der Waals surface area contributed by atoms with E-state index in [0.717, 1.165) is 6.42 Å². The van der Waals surface area contributed by atoms with E-state index in [4.69, 9.17) is 5.11 Å². The Balaban J connectivity index is 2.20. The van der Waals surface area contributed by atoms with Gasteiger partial charge in [0.1, 0.15) is 0 Å². The van der Waals surface area contributed by atoms with Crippen molar-refractivity contribution in [2.24, 2.45) is 0 Å². The van der Waals surface area contributed by atoms with Crippen LogP contribution in [-0.2, 0) is 0 Å². The van der Waals surface area contributed by atoms with Gasteiger partial charge < -0.3 is 5.11 Å². The number of hydrogen-bond donors (Lipinski definition) is 1. The third-order valence-corrected chi connectivity index (χ3v) is 1.98. The minimum absolute atomic E-state index is 0.0672. The van der Waals surface area contributed by atoms with Crippen LogP contribution in [0.4, 0.5) is 0 Å². The SMILES string of the molecule is O[C@H]1CC1c1ccccc1. The van der Waals surface area contributed by atoms with E-state index in [1.54, 1.807) is 0 Å². The van der Waals surface area contributed by atoms with Gasteiger partial charge in [0.05, 0.1) is 6.10 Å². The lowest BCUT2D eigenvalue weighted by atomic mass is 10.1.